The molecule has 0 heterocycles. The van der Waals surface area contributed by atoms with E-state index in [4.69, 9.17) is 0 Å². The molecule has 0 aromatic heterocycles. The SMILES string of the molecule is CNC(C)c1ccc(C(F)(F)F)c(Br)c1C(C)c1ccccc1. The molecule has 0 saturated carbocycles. The fourth-order valence-electron chi connectivity index (χ4n) is 2.71. The van der Waals surface area contributed by atoms with Gasteiger partial charge in [-0.2, -0.15) is 13.2 Å². The Balaban J connectivity index is 2.66. The molecule has 2 unspecified atom stereocenters. The van der Waals surface area contributed by atoms with Crippen LogP contribution in [0.25, 0.3) is 0 Å². The summed E-state index contributed by atoms with van der Waals surface area (Å²) in [5.41, 5.74) is 1.89. The lowest BCUT2D eigenvalue weighted by Crippen LogP contribution is -2.18. The quantitative estimate of drug-likeness (QED) is 0.690. The average Bonchev–Trinajstić information content (AvgIpc) is 2.52. The summed E-state index contributed by atoms with van der Waals surface area (Å²) in [4.78, 5) is 0. The van der Waals surface area contributed by atoms with Gasteiger partial charge in [0.05, 0.1) is 5.56 Å². The molecule has 2 aromatic rings. The van der Waals surface area contributed by atoms with Crippen LogP contribution in [0.2, 0.25) is 0 Å². The predicted octanol–water partition coefficient (Wildman–Crippen LogP) is 5.90. The Hall–Kier alpha value is -1.33. The van der Waals surface area contributed by atoms with E-state index in [2.05, 4.69) is 21.2 Å². The summed E-state index contributed by atoms with van der Waals surface area (Å²) < 4.78 is 39.9. The number of benzene rings is 2. The van der Waals surface area contributed by atoms with Crippen LogP contribution in [0, 0.1) is 0 Å². The topological polar surface area (TPSA) is 12.0 Å². The van der Waals surface area contributed by atoms with E-state index in [1.807, 2.05) is 44.2 Å². The highest BCUT2D eigenvalue weighted by Crippen LogP contribution is 2.43. The number of hydrogen-bond acceptors (Lipinski definition) is 1. The molecule has 0 aliphatic heterocycles. The summed E-state index contributed by atoms with van der Waals surface area (Å²) in [5, 5.41) is 3.11. The third-order valence-corrected chi connectivity index (χ3v) is 5.01. The Bertz CT molecular complexity index is 668. The number of nitrogens with one attached hydrogen (secondary N) is 1. The van der Waals surface area contributed by atoms with Gasteiger partial charge in [-0.05, 0) is 52.7 Å². The Morgan fingerprint density at radius 2 is 1.61 bits per heavy atom. The lowest BCUT2D eigenvalue weighted by Gasteiger charge is -2.25. The minimum Gasteiger partial charge on any atom is -0.313 e. The Kier molecular flexibility index (Phi) is 5.53. The summed E-state index contributed by atoms with van der Waals surface area (Å²) in [6.07, 6.45) is -4.38. The summed E-state index contributed by atoms with van der Waals surface area (Å²) in [6.45, 7) is 3.87. The van der Waals surface area contributed by atoms with Gasteiger partial charge < -0.3 is 5.32 Å². The molecule has 0 radical (unpaired) electrons. The fraction of sp³-hybridized carbons (Fsp3) is 0.333. The second-order valence-electron chi connectivity index (χ2n) is 5.57. The third-order valence-electron chi connectivity index (χ3n) is 4.15. The van der Waals surface area contributed by atoms with Gasteiger partial charge in [-0.1, -0.05) is 43.3 Å². The van der Waals surface area contributed by atoms with Gasteiger partial charge in [0, 0.05) is 16.4 Å². The van der Waals surface area contributed by atoms with Crippen LogP contribution in [0.1, 0.15) is 48.1 Å². The zero-order chi connectivity index (χ0) is 17.2. The fourth-order valence-corrected chi connectivity index (χ4v) is 3.64. The minimum absolute atomic E-state index is 0.0465. The first-order chi connectivity index (χ1) is 10.8. The maximum Gasteiger partial charge on any atom is 0.417 e. The lowest BCUT2D eigenvalue weighted by atomic mass is 9.86. The molecule has 0 aliphatic rings. The Morgan fingerprint density at radius 3 is 2.13 bits per heavy atom. The van der Waals surface area contributed by atoms with Gasteiger partial charge in [-0.3, -0.25) is 0 Å². The van der Waals surface area contributed by atoms with Crippen LogP contribution in [-0.2, 0) is 6.18 Å². The minimum atomic E-state index is -4.38. The zero-order valence-corrected chi connectivity index (χ0v) is 14.8. The van der Waals surface area contributed by atoms with E-state index in [0.717, 1.165) is 17.2 Å². The molecular weight excluding hydrogens is 367 g/mol. The van der Waals surface area contributed by atoms with Crippen LogP contribution < -0.4 is 5.32 Å². The van der Waals surface area contributed by atoms with Crippen molar-refractivity contribution in [2.75, 3.05) is 7.05 Å². The number of alkyl halides is 3. The van der Waals surface area contributed by atoms with Gasteiger partial charge in [0.1, 0.15) is 0 Å². The maximum absolute atomic E-state index is 13.3. The van der Waals surface area contributed by atoms with Gasteiger partial charge in [0.2, 0.25) is 0 Å². The molecular formula is C18H19BrF3N. The van der Waals surface area contributed by atoms with Crippen LogP contribution in [-0.4, -0.2) is 7.05 Å². The molecule has 1 nitrogen and oxygen atoms in total. The highest BCUT2D eigenvalue weighted by atomic mass is 79.9. The molecule has 0 fully saturated rings. The van der Waals surface area contributed by atoms with Crippen molar-refractivity contribution in [1.82, 2.24) is 5.32 Å². The first kappa shape index (κ1) is 18.0. The van der Waals surface area contributed by atoms with Crippen molar-refractivity contribution < 1.29 is 13.2 Å². The second kappa shape index (κ2) is 7.05. The van der Waals surface area contributed by atoms with Gasteiger partial charge in [0.25, 0.3) is 0 Å². The standard InChI is InChI=1S/C18H19BrF3N/c1-11(13-7-5-4-6-8-13)16-14(12(2)23-3)9-10-15(17(16)19)18(20,21)22/h4-12,23H,1-3H3. The Labute approximate surface area is 143 Å². The molecule has 23 heavy (non-hydrogen) atoms. The largest absolute Gasteiger partial charge is 0.417 e. The molecule has 0 saturated heterocycles. The smallest absolute Gasteiger partial charge is 0.313 e. The summed E-state index contributed by atoms with van der Waals surface area (Å²) in [5.74, 6) is -0.154. The van der Waals surface area contributed by atoms with Crippen LogP contribution in [0.5, 0.6) is 0 Å². The van der Waals surface area contributed by atoms with Gasteiger partial charge in [-0.15, -0.1) is 0 Å². The average molecular weight is 386 g/mol. The summed E-state index contributed by atoms with van der Waals surface area (Å²) >= 11 is 3.22. The first-order valence-corrected chi connectivity index (χ1v) is 8.18. The normalized spacial score (nSPS) is 14.6. The van der Waals surface area contributed by atoms with Crippen LogP contribution in [0.4, 0.5) is 13.2 Å². The molecule has 0 amide bonds. The predicted molar refractivity (Wildman–Crippen MR) is 90.6 cm³/mol. The van der Waals surface area contributed by atoms with Crippen LogP contribution >= 0.6 is 15.9 Å². The molecule has 2 aromatic carbocycles. The van der Waals surface area contributed by atoms with Crippen molar-refractivity contribution in [3.63, 3.8) is 0 Å². The summed E-state index contributed by atoms with van der Waals surface area (Å²) in [7, 11) is 1.80. The molecule has 124 valence electrons. The van der Waals surface area contributed by atoms with E-state index in [0.29, 0.717) is 5.56 Å². The first-order valence-electron chi connectivity index (χ1n) is 7.39. The van der Waals surface area contributed by atoms with Crippen molar-refractivity contribution in [2.45, 2.75) is 32.0 Å². The molecule has 0 aliphatic carbocycles. The highest BCUT2D eigenvalue weighted by molar-refractivity contribution is 9.10. The number of hydrogen-bond donors (Lipinski definition) is 1. The zero-order valence-electron chi connectivity index (χ0n) is 13.2. The number of rotatable bonds is 4. The van der Waals surface area contributed by atoms with E-state index >= 15 is 0 Å². The molecule has 2 atom stereocenters. The van der Waals surface area contributed by atoms with Gasteiger partial charge in [0.15, 0.2) is 0 Å². The van der Waals surface area contributed by atoms with Gasteiger partial charge in [-0.25, -0.2) is 0 Å². The van der Waals surface area contributed by atoms with Crippen molar-refractivity contribution in [3.8, 4) is 0 Å². The van der Waals surface area contributed by atoms with Crippen LogP contribution in [0.3, 0.4) is 0 Å². The molecule has 2 rings (SSSR count). The van der Waals surface area contributed by atoms with Crippen molar-refractivity contribution in [2.24, 2.45) is 0 Å². The maximum atomic E-state index is 13.3. The van der Waals surface area contributed by atoms with E-state index in [9.17, 15) is 13.2 Å². The van der Waals surface area contributed by atoms with E-state index in [1.165, 1.54) is 0 Å². The summed E-state index contributed by atoms with van der Waals surface area (Å²) in [6, 6.07) is 12.2. The third kappa shape index (κ3) is 3.78. The second-order valence-corrected chi connectivity index (χ2v) is 6.36. The van der Waals surface area contributed by atoms with E-state index < -0.39 is 11.7 Å². The molecule has 0 bridgehead atoms. The molecule has 0 spiro atoms. The van der Waals surface area contributed by atoms with Crippen molar-refractivity contribution in [1.29, 1.82) is 0 Å². The van der Waals surface area contributed by atoms with E-state index in [-0.39, 0.29) is 16.4 Å². The molecule has 5 heteroatoms. The van der Waals surface area contributed by atoms with E-state index in [1.54, 1.807) is 13.1 Å². The highest BCUT2D eigenvalue weighted by Gasteiger charge is 2.35. The van der Waals surface area contributed by atoms with Crippen molar-refractivity contribution in [3.05, 3.63) is 69.2 Å². The lowest BCUT2D eigenvalue weighted by molar-refractivity contribution is -0.138. The van der Waals surface area contributed by atoms with Crippen LogP contribution in [0.15, 0.2) is 46.9 Å². The molecule has 1 N–H and O–H groups in total. The van der Waals surface area contributed by atoms with Gasteiger partial charge >= 0.3 is 6.18 Å². The Morgan fingerprint density at radius 1 is 1.00 bits per heavy atom. The van der Waals surface area contributed by atoms with Crippen molar-refractivity contribution >= 4 is 15.9 Å². The monoisotopic (exact) mass is 385 g/mol. The number of halogens is 4.